The molecule has 1 heterocycles. The lowest BCUT2D eigenvalue weighted by Crippen LogP contribution is -2.41. The monoisotopic (exact) mass is 339 g/mol. The lowest BCUT2D eigenvalue weighted by atomic mass is 9.95. The number of nitrogens with one attached hydrogen (secondary N) is 1. The van der Waals surface area contributed by atoms with Crippen LogP contribution in [0.4, 0.5) is 0 Å². The van der Waals surface area contributed by atoms with E-state index in [1.54, 1.807) is 6.92 Å². The van der Waals surface area contributed by atoms with Crippen molar-refractivity contribution in [3.05, 3.63) is 35.9 Å². The first-order valence-corrected chi connectivity index (χ1v) is 7.42. The van der Waals surface area contributed by atoms with E-state index >= 15 is 0 Å². The van der Waals surface area contributed by atoms with E-state index in [1.807, 2.05) is 30.3 Å². The molecule has 0 spiro atoms. The average Bonchev–Trinajstić information content (AvgIpc) is 2.86. The molecule has 3 amide bonds. The third kappa shape index (κ3) is 4.77. The molecule has 1 fully saturated rings. The minimum Gasteiger partial charge on any atom is -0.354 e. The summed E-state index contributed by atoms with van der Waals surface area (Å²) in [5.74, 6) is -0.926. The number of rotatable bonds is 6. The van der Waals surface area contributed by atoms with Crippen LogP contribution < -0.4 is 11.1 Å². The topological polar surface area (TPSA) is 92.5 Å². The van der Waals surface area contributed by atoms with Crippen molar-refractivity contribution in [1.29, 1.82) is 0 Å². The Morgan fingerprint density at radius 2 is 1.78 bits per heavy atom. The number of imide groups is 1. The van der Waals surface area contributed by atoms with Gasteiger partial charge in [-0.2, -0.15) is 0 Å². The number of nitrogens with zero attached hydrogens (tertiary/aromatic N) is 1. The van der Waals surface area contributed by atoms with Crippen LogP contribution in [0.15, 0.2) is 30.3 Å². The van der Waals surface area contributed by atoms with Gasteiger partial charge in [0.1, 0.15) is 0 Å². The zero-order valence-corrected chi connectivity index (χ0v) is 13.8. The molecule has 1 aliphatic heterocycles. The molecular formula is C16H22ClN3O3. The molecule has 2 unspecified atom stereocenters. The summed E-state index contributed by atoms with van der Waals surface area (Å²) in [5.41, 5.74) is 7.00. The largest absolute Gasteiger partial charge is 0.354 e. The molecule has 2 atom stereocenters. The summed E-state index contributed by atoms with van der Waals surface area (Å²) in [5, 5.41) is 2.74. The van der Waals surface area contributed by atoms with Gasteiger partial charge in [0.25, 0.3) is 0 Å². The Balaban J connectivity index is 0.00000264. The van der Waals surface area contributed by atoms with E-state index in [-0.39, 0.29) is 56.1 Å². The van der Waals surface area contributed by atoms with Crippen molar-refractivity contribution in [1.82, 2.24) is 10.2 Å². The normalized spacial score (nSPS) is 16.7. The molecule has 0 aliphatic carbocycles. The smallest absolute Gasteiger partial charge is 0.229 e. The summed E-state index contributed by atoms with van der Waals surface area (Å²) >= 11 is 0. The van der Waals surface area contributed by atoms with Gasteiger partial charge in [-0.15, -0.1) is 12.4 Å². The number of nitrogens with two attached hydrogens (primary N) is 1. The number of hydrogen-bond acceptors (Lipinski definition) is 4. The maximum absolute atomic E-state index is 12.1. The van der Waals surface area contributed by atoms with Crippen LogP contribution in [0.25, 0.3) is 0 Å². The summed E-state index contributed by atoms with van der Waals surface area (Å²) in [4.78, 5) is 36.2. The number of hydrogen-bond donors (Lipinski definition) is 2. The standard InChI is InChI=1S/C16H21N3O3.ClH/c1-11(15(17)12-5-3-2-4-6-12)16(22)18-9-10-19-13(20)7-8-14(19)21;/h2-6,11,15H,7-10,17H2,1H3,(H,18,22);1H. The second-order valence-electron chi connectivity index (χ2n) is 5.46. The molecular weight excluding hydrogens is 318 g/mol. The maximum atomic E-state index is 12.1. The zero-order chi connectivity index (χ0) is 16.1. The first kappa shape index (κ1) is 19.1. The first-order valence-electron chi connectivity index (χ1n) is 7.42. The van der Waals surface area contributed by atoms with E-state index < -0.39 is 12.0 Å². The molecule has 3 N–H and O–H groups in total. The van der Waals surface area contributed by atoms with Crippen LogP contribution in [-0.4, -0.2) is 35.7 Å². The third-order valence-electron chi connectivity index (χ3n) is 3.93. The van der Waals surface area contributed by atoms with Crippen LogP contribution in [0, 0.1) is 5.92 Å². The first-order chi connectivity index (χ1) is 10.5. The molecule has 1 aromatic rings. The summed E-state index contributed by atoms with van der Waals surface area (Å²) in [6.07, 6.45) is 0.532. The van der Waals surface area contributed by atoms with E-state index in [2.05, 4.69) is 5.32 Å². The predicted octanol–water partition coefficient (Wildman–Crippen LogP) is 1.01. The minimum absolute atomic E-state index is 0. The van der Waals surface area contributed by atoms with E-state index in [0.717, 1.165) is 5.56 Å². The van der Waals surface area contributed by atoms with Crippen LogP contribution in [0.1, 0.15) is 31.4 Å². The highest BCUT2D eigenvalue weighted by molar-refractivity contribution is 6.01. The Bertz CT molecular complexity index is 549. The molecule has 6 nitrogen and oxygen atoms in total. The number of likely N-dealkylation sites (tertiary alicyclic amines) is 1. The fourth-order valence-electron chi connectivity index (χ4n) is 2.45. The molecule has 0 bridgehead atoms. The molecule has 126 valence electrons. The molecule has 7 heteroatoms. The molecule has 23 heavy (non-hydrogen) atoms. The summed E-state index contributed by atoms with van der Waals surface area (Å²) < 4.78 is 0. The molecule has 1 aromatic carbocycles. The van der Waals surface area contributed by atoms with Gasteiger partial charge >= 0.3 is 0 Å². The molecule has 0 aromatic heterocycles. The van der Waals surface area contributed by atoms with Crippen molar-refractivity contribution < 1.29 is 14.4 Å². The van der Waals surface area contributed by atoms with Crippen molar-refractivity contribution in [3.63, 3.8) is 0 Å². The molecule has 1 saturated heterocycles. The molecule has 0 saturated carbocycles. The van der Waals surface area contributed by atoms with Gasteiger partial charge < -0.3 is 11.1 Å². The summed E-state index contributed by atoms with van der Waals surface area (Å²) in [6.45, 7) is 2.23. The Hall–Kier alpha value is -1.92. The predicted molar refractivity (Wildman–Crippen MR) is 88.7 cm³/mol. The highest BCUT2D eigenvalue weighted by Crippen LogP contribution is 2.19. The minimum atomic E-state index is -0.396. The van der Waals surface area contributed by atoms with Gasteiger partial charge in [0.2, 0.25) is 17.7 Å². The maximum Gasteiger partial charge on any atom is 0.229 e. The van der Waals surface area contributed by atoms with Crippen LogP contribution in [0.2, 0.25) is 0 Å². The number of carbonyl (C=O) groups excluding carboxylic acids is 3. The van der Waals surface area contributed by atoms with Crippen molar-refractivity contribution in [3.8, 4) is 0 Å². The van der Waals surface area contributed by atoms with Gasteiger partial charge in [0, 0.05) is 32.0 Å². The molecule has 2 rings (SSSR count). The van der Waals surface area contributed by atoms with Gasteiger partial charge in [0.05, 0.1) is 5.92 Å². The number of benzene rings is 1. The zero-order valence-electron chi connectivity index (χ0n) is 13.0. The number of halogens is 1. The van der Waals surface area contributed by atoms with E-state index in [9.17, 15) is 14.4 Å². The van der Waals surface area contributed by atoms with Crippen LogP contribution in [-0.2, 0) is 14.4 Å². The van der Waals surface area contributed by atoms with Gasteiger partial charge in [-0.3, -0.25) is 19.3 Å². The van der Waals surface area contributed by atoms with Gasteiger partial charge in [-0.25, -0.2) is 0 Å². The van der Waals surface area contributed by atoms with E-state index in [4.69, 9.17) is 5.73 Å². The Morgan fingerprint density at radius 1 is 1.22 bits per heavy atom. The van der Waals surface area contributed by atoms with Gasteiger partial charge in [0.15, 0.2) is 0 Å². The Labute approximate surface area is 141 Å². The number of carbonyl (C=O) groups is 3. The third-order valence-corrected chi connectivity index (χ3v) is 3.93. The van der Waals surface area contributed by atoms with Crippen LogP contribution in [0.5, 0.6) is 0 Å². The second kappa shape index (κ2) is 8.64. The second-order valence-corrected chi connectivity index (χ2v) is 5.46. The Morgan fingerprint density at radius 3 is 2.35 bits per heavy atom. The fourth-order valence-corrected chi connectivity index (χ4v) is 2.45. The van der Waals surface area contributed by atoms with Crippen molar-refractivity contribution >= 4 is 30.1 Å². The van der Waals surface area contributed by atoms with Crippen LogP contribution >= 0.6 is 12.4 Å². The summed E-state index contributed by atoms with van der Waals surface area (Å²) in [7, 11) is 0. The highest BCUT2D eigenvalue weighted by Gasteiger charge is 2.28. The van der Waals surface area contributed by atoms with Crippen molar-refractivity contribution in [2.75, 3.05) is 13.1 Å². The summed E-state index contributed by atoms with van der Waals surface area (Å²) in [6, 6.07) is 9.03. The average molecular weight is 340 g/mol. The lowest BCUT2D eigenvalue weighted by Gasteiger charge is -2.20. The van der Waals surface area contributed by atoms with Crippen molar-refractivity contribution in [2.45, 2.75) is 25.8 Å². The van der Waals surface area contributed by atoms with Crippen LogP contribution in [0.3, 0.4) is 0 Å². The van der Waals surface area contributed by atoms with Gasteiger partial charge in [-0.05, 0) is 5.56 Å². The van der Waals surface area contributed by atoms with Crippen molar-refractivity contribution in [2.24, 2.45) is 11.7 Å². The van der Waals surface area contributed by atoms with E-state index in [1.165, 1.54) is 4.90 Å². The molecule has 0 radical (unpaired) electrons. The van der Waals surface area contributed by atoms with Gasteiger partial charge in [-0.1, -0.05) is 37.3 Å². The molecule has 1 aliphatic rings. The highest BCUT2D eigenvalue weighted by atomic mass is 35.5. The number of amides is 3. The fraction of sp³-hybridized carbons (Fsp3) is 0.438. The lowest BCUT2D eigenvalue weighted by molar-refractivity contribution is -0.138. The SMILES string of the molecule is CC(C(=O)NCCN1C(=O)CCC1=O)C(N)c1ccccc1.Cl. The Kier molecular flexibility index (Phi) is 7.19. The quantitative estimate of drug-likeness (QED) is 0.756. The van der Waals surface area contributed by atoms with E-state index in [0.29, 0.717) is 0 Å².